The molecule has 2 heterocycles. The Kier molecular flexibility index (Phi) is 3.06. The number of nitrogens with one attached hydrogen (secondary N) is 1. The van der Waals surface area contributed by atoms with Gasteiger partial charge in [-0.15, -0.1) is 0 Å². The molecule has 3 atom stereocenters. The molecule has 126 valence electrons. The lowest BCUT2D eigenvalue weighted by molar-refractivity contribution is -0.137. The van der Waals surface area contributed by atoms with Gasteiger partial charge >= 0.3 is 6.18 Å². The summed E-state index contributed by atoms with van der Waals surface area (Å²) in [6, 6.07) is 9.85. The van der Waals surface area contributed by atoms with Crippen LogP contribution in [0.2, 0.25) is 0 Å². The van der Waals surface area contributed by atoms with Crippen molar-refractivity contribution < 1.29 is 22.4 Å². The van der Waals surface area contributed by atoms with E-state index < -0.39 is 34.9 Å². The summed E-state index contributed by atoms with van der Waals surface area (Å²) in [5, 5.41) is 13.6. The van der Waals surface area contributed by atoms with Gasteiger partial charge in [-0.2, -0.15) is 23.5 Å². The molecule has 1 aromatic carbocycles. The summed E-state index contributed by atoms with van der Waals surface area (Å²) in [7, 11) is 0. The van der Waals surface area contributed by atoms with Gasteiger partial charge in [0.1, 0.15) is 11.5 Å². The Hall–Kier alpha value is -3.08. The van der Waals surface area contributed by atoms with E-state index in [1.165, 1.54) is 18.4 Å². The van der Waals surface area contributed by atoms with E-state index in [1.807, 2.05) is 6.07 Å². The van der Waals surface area contributed by atoms with Gasteiger partial charge in [-0.25, -0.2) is 5.43 Å². The fourth-order valence-corrected chi connectivity index (χ4v) is 3.47. The number of hydrogen-bond donors (Lipinski definition) is 1. The van der Waals surface area contributed by atoms with Gasteiger partial charge < -0.3 is 4.42 Å². The number of alkyl halides is 3. The molecule has 0 bridgehead atoms. The predicted octanol–water partition coefficient (Wildman–Crippen LogP) is 3.06. The highest BCUT2D eigenvalue weighted by Gasteiger charge is 2.75. The predicted molar refractivity (Wildman–Crippen MR) is 79.1 cm³/mol. The van der Waals surface area contributed by atoms with E-state index in [9.17, 15) is 23.2 Å². The molecule has 1 amide bonds. The van der Waals surface area contributed by atoms with Gasteiger partial charge in [0.15, 0.2) is 5.41 Å². The third-order valence-electron chi connectivity index (χ3n) is 4.71. The molecule has 2 aliphatic rings. The first-order chi connectivity index (χ1) is 11.9. The topological polar surface area (TPSA) is 78.4 Å². The Morgan fingerprint density at radius 3 is 2.48 bits per heavy atom. The van der Waals surface area contributed by atoms with Crippen LogP contribution in [0.3, 0.4) is 0 Å². The molecule has 0 spiro atoms. The maximum Gasteiger partial charge on any atom is 0.416 e. The van der Waals surface area contributed by atoms with Crippen LogP contribution in [0.15, 0.2) is 52.2 Å². The second-order valence-corrected chi connectivity index (χ2v) is 5.97. The van der Waals surface area contributed by atoms with Gasteiger partial charge in [0.2, 0.25) is 0 Å². The summed E-state index contributed by atoms with van der Waals surface area (Å²) in [6.07, 6.45) is -3.00. The van der Waals surface area contributed by atoms with Gasteiger partial charge in [0.05, 0.1) is 17.9 Å². The van der Waals surface area contributed by atoms with Gasteiger partial charge in [0, 0.05) is 11.8 Å². The normalized spacial score (nSPS) is 27.8. The zero-order valence-corrected chi connectivity index (χ0v) is 12.5. The smallest absolute Gasteiger partial charge is 0.416 e. The first kappa shape index (κ1) is 15.4. The van der Waals surface area contributed by atoms with Crippen molar-refractivity contribution in [1.82, 2.24) is 5.43 Å². The van der Waals surface area contributed by atoms with E-state index in [4.69, 9.17) is 4.42 Å². The van der Waals surface area contributed by atoms with E-state index >= 15 is 0 Å². The van der Waals surface area contributed by atoms with Gasteiger partial charge in [-0.3, -0.25) is 4.79 Å². The molecular formula is C17H10F3N3O2. The van der Waals surface area contributed by atoms with Crippen LogP contribution in [0.1, 0.15) is 22.8 Å². The zero-order valence-electron chi connectivity index (χ0n) is 12.5. The molecule has 0 saturated heterocycles. The molecule has 8 heteroatoms. The molecule has 1 aromatic heterocycles. The number of halogens is 3. The molecule has 1 saturated carbocycles. The molecule has 4 rings (SSSR count). The van der Waals surface area contributed by atoms with E-state index in [2.05, 4.69) is 10.5 Å². The Balaban J connectivity index is 1.75. The summed E-state index contributed by atoms with van der Waals surface area (Å²) < 4.78 is 43.5. The first-order valence-electron chi connectivity index (χ1n) is 7.40. The number of hydrazone groups is 1. The maximum atomic E-state index is 12.7. The van der Waals surface area contributed by atoms with Crippen molar-refractivity contribution in [2.75, 3.05) is 0 Å². The Morgan fingerprint density at radius 2 is 1.92 bits per heavy atom. The summed E-state index contributed by atoms with van der Waals surface area (Å²) in [5.74, 6) is -1.28. The van der Waals surface area contributed by atoms with Crippen molar-refractivity contribution in [3.8, 4) is 6.07 Å². The van der Waals surface area contributed by atoms with E-state index in [1.54, 1.807) is 12.1 Å². The quantitative estimate of drug-likeness (QED) is 0.909. The SMILES string of the molecule is N#C[C@@]12C(=O)NN=C(c3ccco3)[C@@H]1[C@H]2c1ccc(C(F)(F)F)cc1. The number of carbonyl (C=O) groups is 1. The standard InChI is InChI=1S/C17H10F3N3O2/c18-17(19,20)10-5-3-9(4-6-10)12-13-14(11-2-1-7-25-11)22-23-15(24)16(12,13)8-21/h1-7,12-13H,(H,23,24)/t12-,13+,16+/m1/s1. The van der Waals surface area contributed by atoms with Crippen LogP contribution in [0.5, 0.6) is 0 Å². The zero-order chi connectivity index (χ0) is 17.8. The molecule has 0 unspecified atom stereocenters. The van der Waals surface area contributed by atoms with E-state index in [-0.39, 0.29) is 0 Å². The molecule has 25 heavy (non-hydrogen) atoms. The Bertz CT molecular complexity index is 910. The van der Waals surface area contributed by atoms with Gasteiger partial charge in [-0.1, -0.05) is 12.1 Å². The third kappa shape index (κ3) is 2.09. The number of nitriles is 1. The van der Waals surface area contributed by atoms with Crippen LogP contribution in [0.25, 0.3) is 0 Å². The molecule has 2 aromatic rings. The van der Waals surface area contributed by atoms with Crippen LogP contribution >= 0.6 is 0 Å². The molecular weight excluding hydrogens is 335 g/mol. The average molecular weight is 345 g/mol. The molecule has 1 fully saturated rings. The van der Waals surface area contributed by atoms with Crippen molar-refractivity contribution in [1.29, 1.82) is 5.26 Å². The summed E-state index contributed by atoms with van der Waals surface area (Å²) in [5.41, 5.74) is 1.05. The third-order valence-corrected chi connectivity index (χ3v) is 4.71. The highest BCUT2D eigenvalue weighted by atomic mass is 19.4. The number of carbonyl (C=O) groups excluding carboxylic acids is 1. The minimum atomic E-state index is -4.44. The van der Waals surface area contributed by atoms with E-state index in [0.717, 1.165) is 12.1 Å². The fraction of sp³-hybridized carbons (Fsp3) is 0.235. The molecule has 1 N–H and O–H groups in total. The van der Waals surface area contributed by atoms with Crippen LogP contribution < -0.4 is 5.43 Å². The van der Waals surface area contributed by atoms with Crippen molar-refractivity contribution in [3.05, 3.63) is 59.5 Å². The second-order valence-electron chi connectivity index (χ2n) is 5.97. The fourth-order valence-electron chi connectivity index (χ4n) is 3.47. The number of fused-ring (bicyclic) bond motifs is 1. The lowest BCUT2D eigenvalue weighted by atomic mass is 9.97. The second kappa shape index (κ2) is 4.96. The maximum absolute atomic E-state index is 12.7. The number of benzene rings is 1. The first-order valence-corrected chi connectivity index (χ1v) is 7.40. The minimum Gasteiger partial charge on any atom is -0.463 e. The molecule has 0 radical (unpaired) electrons. The number of rotatable bonds is 2. The van der Waals surface area contributed by atoms with Gasteiger partial charge in [0.25, 0.3) is 5.91 Å². The van der Waals surface area contributed by atoms with Crippen molar-refractivity contribution in [2.24, 2.45) is 16.4 Å². The molecule has 1 aliphatic carbocycles. The number of nitrogens with zero attached hydrogens (tertiary/aromatic N) is 2. The van der Waals surface area contributed by atoms with Crippen molar-refractivity contribution >= 4 is 11.6 Å². The van der Waals surface area contributed by atoms with Crippen molar-refractivity contribution in [2.45, 2.75) is 12.1 Å². The lowest BCUT2D eigenvalue weighted by Gasteiger charge is -2.13. The molecule has 5 nitrogen and oxygen atoms in total. The van der Waals surface area contributed by atoms with E-state index in [0.29, 0.717) is 17.0 Å². The van der Waals surface area contributed by atoms with Crippen LogP contribution in [-0.2, 0) is 11.0 Å². The van der Waals surface area contributed by atoms with Gasteiger partial charge in [-0.05, 0) is 29.8 Å². The Labute approximate surface area is 139 Å². The highest BCUT2D eigenvalue weighted by Crippen LogP contribution is 2.67. The van der Waals surface area contributed by atoms with Crippen LogP contribution in [0, 0.1) is 22.7 Å². The average Bonchev–Trinajstić information content (AvgIpc) is 2.98. The van der Waals surface area contributed by atoms with Crippen LogP contribution in [0.4, 0.5) is 13.2 Å². The monoisotopic (exact) mass is 345 g/mol. The number of hydrogen-bond acceptors (Lipinski definition) is 4. The minimum absolute atomic E-state index is 0.413. The van der Waals surface area contributed by atoms with Crippen molar-refractivity contribution in [3.63, 3.8) is 0 Å². The number of furan rings is 1. The molecule has 1 aliphatic heterocycles. The summed E-state index contributed by atoms with van der Waals surface area (Å²) in [4.78, 5) is 12.3. The summed E-state index contributed by atoms with van der Waals surface area (Å²) in [6.45, 7) is 0. The largest absolute Gasteiger partial charge is 0.463 e. The highest BCUT2D eigenvalue weighted by molar-refractivity contribution is 6.12. The summed E-state index contributed by atoms with van der Waals surface area (Å²) >= 11 is 0. The number of amides is 1. The van der Waals surface area contributed by atoms with Crippen LogP contribution in [-0.4, -0.2) is 11.6 Å². The Morgan fingerprint density at radius 1 is 1.20 bits per heavy atom. The lowest BCUT2D eigenvalue weighted by Crippen LogP contribution is -2.36.